The van der Waals surface area contributed by atoms with Crippen LogP contribution in [0.15, 0.2) is 68.8 Å². The first-order valence-corrected chi connectivity index (χ1v) is 10.4. The molecule has 0 amide bonds. The van der Waals surface area contributed by atoms with Crippen molar-refractivity contribution < 1.29 is 8.42 Å². The molecule has 3 aromatic rings. The van der Waals surface area contributed by atoms with Crippen molar-refractivity contribution in [2.75, 3.05) is 13.1 Å². The van der Waals surface area contributed by atoms with Gasteiger partial charge in [0.05, 0.1) is 15.9 Å². The van der Waals surface area contributed by atoms with E-state index in [4.69, 9.17) is 0 Å². The molecule has 0 saturated heterocycles. The van der Waals surface area contributed by atoms with E-state index < -0.39 is 10.0 Å². The Morgan fingerprint density at radius 3 is 2.50 bits per heavy atom. The molecule has 1 aliphatic rings. The van der Waals surface area contributed by atoms with E-state index >= 15 is 0 Å². The zero-order valence-electron chi connectivity index (χ0n) is 13.7. The van der Waals surface area contributed by atoms with Gasteiger partial charge < -0.3 is 4.98 Å². The van der Waals surface area contributed by atoms with Crippen molar-refractivity contribution in [1.29, 1.82) is 0 Å². The molecule has 0 bridgehead atoms. The highest BCUT2D eigenvalue weighted by Gasteiger charge is 2.28. The number of aromatic nitrogens is 2. The van der Waals surface area contributed by atoms with Gasteiger partial charge in [0, 0.05) is 29.7 Å². The Bertz CT molecular complexity index is 1180. The summed E-state index contributed by atoms with van der Waals surface area (Å²) in [6.07, 6.45) is 2.27. The largest absolute Gasteiger partial charge is 0.330 e. The topological polar surface area (TPSA) is 75.2 Å². The third kappa shape index (κ3) is 2.84. The van der Waals surface area contributed by atoms with Crippen molar-refractivity contribution in [3.8, 4) is 0 Å². The molecular formula is C18H16BrN3O3S. The lowest BCUT2D eigenvalue weighted by Crippen LogP contribution is -2.36. The quantitative estimate of drug-likeness (QED) is 0.689. The smallest absolute Gasteiger partial charge is 0.305 e. The van der Waals surface area contributed by atoms with Gasteiger partial charge in [-0.3, -0.25) is 4.57 Å². The standard InChI is InChI=1S/C18H16BrN3O3S/c19-14-5-1-4-8-17(14)26(24,25)21-11-9-13(10-12-21)22-16-7-3-2-6-15(16)20-18(22)23/h1-9H,10-12H2,(H,20,23). The minimum Gasteiger partial charge on any atom is -0.305 e. The minimum absolute atomic E-state index is 0.209. The molecule has 4 rings (SSSR count). The summed E-state index contributed by atoms with van der Waals surface area (Å²) in [5.74, 6) is 0. The predicted octanol–water partition coefficient (Wildman–Crippen LogP) is 3.03. The number of hydrogen-bond acceptors (Lipinski definition) is 3. The molecule has 2 aromatic carbocycles. The number of nitrogens with one attached hydrogen (secondary N) is 1. The number of nitrogens with zero attached hydrogens (tertiary/aromatic N) is 2. The first-order chi connectivity index (χ1) is 12.5. The highest BCUT2D eigenvalue weighted by Crippen LogP contribution is 2.28. The molecule has 2 heterocycles. The van der Waals surface area contributed by atoms with Crippen molar-refractivity contribution in [3.05, 3.63) is 69.6 Å². The molecule has 26 heavy (non-hydrogen) atoms. The second-order valence-corrected chi connectivity index (χ2v) is 8.78. The van der Waals surface area contributed by atoms with Crippen LogP contribution in [-0.4, -0.2) is 35.4 Å². The normalized spacial score (nSPS) is 16.0. The Kier molecular flexibility index (Phi) is 4.34. The van der Waals surface area contributed by atoms with Gasteiger partial charge >= 0.3 is 5.69 Å². The molecule has 0 spiro atoms. The SMILES string of the molecule is O=c1[nH]c2ccccc2n1C1=CCN(S(=O)(=O)c2ccccc2Br)CC1. The van der Waals surface area contributed by atoms with Crippen molar-refractivity contribution >= 4 is 42.7 Å². The lowest BCUT2D eigenvalue weighted by molar-refractivity contribution is 0.437. The summed E-state index contributed by atoms with van der Waals surface area (Å²) < 4.78 is 29.3. The van der Waals surface area contributed by atoms with E-state index in [1.165, 1.54) is 4.31 Å². The third-order valence-corrected chi connectivity index (χ3v) is 7.36. The molecule has 6 nitrogen and oxygen atoms in total. The molecule has 0 aliphatic carbocycles. The molecule has 1 aromatic heterocycles. The number of para-hydroxylation sites is 2. The number of rotatable bonds is 3. The second-order valence-electron chi connectivity index (χ2n) is 6.02. The van der Waals surface area contributed by atoms with Gasteiger partial charge in [-0.25, -0.2) is 13.2 Å². The van der Waals surface area contributed by atoms with Crippen LogP contribution in [0.3, 0.4) is 0 Å². The molecule has 0 fully saturated rings. The summed E-state index contributed by atoms with van der Waals surface area (Å²) in [5.41, 5.74) is 2.16. The molecular weight excluding hydrogens is 418 g/mol. The first kappa shape index (κ1) is 17.3. The lowest BCUT2D eigenvalue weighted by Gasteiger charge is -2.26. The maximum atomic E-state index is 12.9. The van der Waals surface area contributed by atoms with Crippen LogP contribution in [0.5, 0.6) is 0 Å². The van der Waals surface area contributed by atoms with Crippen LogP contribution in [0.1, 0.15) is 6.42 Å². The van der Waals surface area contributed by atoms with E-state index in [1.54, 1.807) is 34.9 Å². The summed E-state index contributed by atoms with van der Waals surface area (Å²) in [7, 11) is -3.59. The van der Waals surface area contributed by atoms with Gasteiger partial charge in [0.25, 0.3) is 0 Å². The van der Waals surface area contributed by atoms with Gasteiger partial charge in [-0.1, -0.05) is 24.3 Å². The van der Waals surface area contributed by atoms with Crippen molar-refractivity contribution in [2.45, 2.75) is 11.3 Å². The number of sulfonamides is 1. The first-order valence-electron chi connectivity index (χ1n) is 8.12. The molecule has 0 radical (unpaired) electrons. The average molecular weight is 434 g/mol. The van der Waals surface area contributed by atoms with Crippen LogP contribution in [0.4, 0.5) is 0 Å². The highest BCUT2D eigenvalue weighted by molar-refractivity contribution is 9.10. The Morgan fingerprint density at radius 2 is 1.77 bits per heavy atom. The third-order valence-electron chi connectivity index (χ3n) is 4.48. The number of H-pyrrole nitrogens is 1. The summed E-state index contributed by atoms with van der Waals surface area (Å²) in [6.45, 7) is 0.548. The van der Waals surface area contributed by atoms with Crippen LogP contribution in [0.25, 0.3) is 16.7 Å². The average Bonchev–Trinajstić information content (AvgIpc) is 2.98. The number of aromatic amines is 1. The molecule has 134 valence electrons. The molecule has 0 atom stereocenters. The number of hydrogen-bond donors (Lipinski definition) is 1. The Labute approximate surface area is 158 Å². The van der Waals surface area contributed by atoms with Crippen LogP contribution < -0.4 is 5.69 Å². The van der Waals surface area contributed by atoms with E-state index in [0.717, 1.165) is 16.7 Å². The summed E-state index contributed by atoms with van der Waals surface area (Å²) >= 11 is 3.31. The monoisotopic (exact) mass is 433 g/mol. The number of imidazole rings is 1. The second kappa shape index (κ2) is 6.53. The van der Waals surface area contributed by atoms with Crippen molar-refractivity contribution in [1.82, 2.24) is 13.9 Å². The van der Waals surface area contributed by atoms with Gasteiger partial charge in [0.15, 0.2) is 0 Å². The minimum atomic E-state index is -3.59. The molecule has 0 unspecified atom stereocenters. The summed E-state index contributed by atoms with van der Waals surface area (Å²) in [6, 6.07) is 14.2. The Hall–Kier alpha value is -2.16. The van der Waals surface area contributed by atoms with Crippen LogP contribution in [-0.2, 0) is 10.0 Å². The van der Waals surface area contributed by atoms with Gasteiger partial charge in [0.1, 0.15) is 0 Å². The van der Waals surface area contributed by atoms with Gasteiger partial charge in [-0.05, 0) is 46.3 Å². The van der Waals surface area contributed by atoms with Crippen LogP contribution in [0, 0.1) is 0 Å². The van der Waals surface area contributed by atoms with Crippen LogP contribution in [0.2, 0.25) is 0 Å². The fourth-order valence-corrected chi connectivity index (χ4v) is 5.54. The van der Waals surface area contributed by atoms with Crippen molar-refractivity contribution in [3.63, 3.8) is 0 Å². The number of benzene rings is 2. The Balaban J connectivity index is 1.68. The number of halogens is 1. The predicted molar refractivity (Wildman–Crippen MR) is 104 cm³/mol. The summed E-state index contributed by atoms with van der Waals surface area (Å²) in [4.78, 5) is 15.4. The van der Waals surface area contributed by atoms with Gasteiger partial charge in [-0.2, -0.15) is 4.31 Å². The Morgan fingerprint density at radius 1 is 1.04 bits per heavy atom. The molecule has 0 saturated carbocycles. The number of fused-ring (bicyclic) bond motifs is 1. The van der Waals surface area contributed by atoms with Crippen LogP contribution >= 0.6 is 15.9 Å². The van der Waals surface area contributed by atoms with Gasteiger partial charge in [-0.15, -0.1) is 0 Å². The van der Waals surface area contributed by atoms with E-state index in [0.29, 0.717) is 17.4 Å². The zero-order valence-corrected chi connectivity index (χ0v) is 16.1. The van der Waals surface area contributed by atoms with E-state index in [2.05, 4.69) is 20.9 Å². The fraction of sp³-hybridized carbons (Fsp3) is 0.167. The molecule has 1 N–H and O–H groups in total. The van der Waals surface area contributed by atoms with E-state index in [1.807, 2.05) is 24.3 Å². The molecule has 8 heteroatoms. The fourth-order valence-electron chi connectivity index (χ4n) is 3.19. The lowest BCUT2D eigenvalue weighted by atomic mass is 10.2. The van der Waals surface area contributed by atoms with E-state index in [9.17, 15) is 13.2 Å². The van der Waals surface area contributed by atoms with E-state index in [-0.39, 0.29) is 17.1 Å². The maximum Gasteiger partial charge on any atom is 0.330 e. The van der Waals surface area contributed by atoms with Gasteiger partial charge in [0.2, 0.25) is 10.0 Å². The zero-order chi connectivity index (χ0) is 18.3. The van der Waals surface area contributed by atoms with Crippen molar-refractivity contribution in [2.24, 2.45) is 0 Å². The summed E-state index contributed by atoms with van der Waals surface area (Å²) in [5, 5.41) is 0. The highest BCUT2D eigenvalue weighted by atomic mass is 79.9. The maximum absolute atomic E-state index is 12.9. The molecule has 1 aliphatic heterocycles.